The van der Waals surface area contributed by atoms with Crippen LogP contribution in [0.5, 0.6) is 0 Å². The first kappa shape index (κ1) is 12.0. The largest absolute Gasteiger partial charge is 0.394 e. The Morgan fingerprint density at radius 1 is 1.50 bits per heavy atom. The number of imidazole rings is 1. The molecule has 0 spiro atoms. The van der Waals surface area contributed by atoms with Gasteiger partial charge in [0.1, 0.15) is 0 Å². The van der Waals surface area contributed by atoms with Crippen LogP contribution in [-0.2, 0) is 6.61 Å². The molecule has 0 bridgehead atoms. The van der Waals surface area contributed by atoms with Crippen molar-refractivity contribution >= 4 is 22.1 Å². The lowest BCUT2D eigenvalue weighted by atomic mass is 10.0. The maximum Gasteiger partial charge on any atom is 0.195 e. The van der Waals surface area contributed by atoms with Gasteiger partial charge in [-0.2, -0.15) is 0 Å². The molecule has 5 nitrogen and oxygen atoms in total. The zero-order valence-electron chi connectivity index (χ0n) is 10.3. The predicted molar refractivity (Wildman–Crippen MR) is 71.0 cm³/mol. The second kappa shape index (κ2) is 4.53. The molecule has 98 valence electrons. The molecule has 0 aliphatic carbocycles. The van der Waals surface area contributed by atoms with Crippen molar-refractivity contribution < 1.29 is 10.2 Å². The molecule has 6 heteroatoms. The molecule has 18 heavy (non-hydrogen) atoms. The van der Waals surface area contributed by atoms with Crippen LogP contribution in [0.3, 0.4) is 0 Å². The van der Waals surface area contributed by atoms with E-state index in [1.807, 2.05) is 16.0 Å². The Bertz CT molecular complexity index is 551. The Morgan fingerprint density at radius 3 is 3.06 bits per heavy atom. The molecule has 2 unspecified atom stereocenters. The van der Waals surface area contributed by atoms with Crippen molar-refractivity contribution in [3.8, 4) is 0 Å². The first-order valence-electron chi connectivity index (χ1n) is 6.19. The van der Waals surface area contributed by atoms with Crippen LogP contribution >= 0.6 is 11.3 Å². The van der Waals surface area contributed by atoms with E-state index in [1.54, 1.807) is 11.3 Å². The second-order valence-electron chi connectivity index (χ2n) is 4.81. The smallest absolute Gasteiger partial charge is 0.195 e. The minimum Gasteiger partial charge on any atom is -0.394 e. The number of fused-ring (bicyclic) bond motifs is 1. The van der Waals surface area contributed by atoms with E-state index in [1.165, 1.54) is 0 Å². The molecule has 1 saturated heterocycles. The van der Waals surface area contributed by atoms with Gasteiger partial charge < -0.3 is 15.1 Å². The number of aliphatic hydroxyl groups excluding tert-OH is 2. The molecule has 2 N–H and O–H groups in total. The van der Waals surface area contributed by atoms with Crippen LogP contribution in [0.15, 0.2) is 11.6 Å². The van der Waals surface area contributed by atoms with Crippen LogP contribution in [0.1, 0.15) is 19.0 Å². The van der Waals surface area contributed by atoms with Gasteiger partial charge in [-0.3, -0.25) is 4.40 Å². The third-order valence-corrected chi connectivity index (χ3v) is 4.59. The average Bonchev–Trinajstić information content (AvgIpc) is 3.01. The molecule has 3 rings (SSSR count). The summed E-state index contributed by atoms with van der Waals surface area (Å²) in [5, 5.41) is 21.0. The Kier molecular flexibility index (Phi) is 3.01. The standard InChI is InChI=1S/C12H17N3O2S/c1-8-2-3-14(9(8)6-16)11-10(7-17)15-4-5-18-12(15)13-11/h4-5,8-9,16-17H,2-3,6-7H2,1H3. The molecule has 0 saturated carbocycles. The van der Waals surface area contributed by atoms with Crippen molar-refractivity contribution in [2.75, 3.05) is 18.1 Å². The topological polar surface area (TPSA) is 61.0 Å². The van der Waals surface area contributed by atoms with E-state index >= 15 is 0 Å². The van der Waals surface area contributed by atoms with Crippen molar-refractivity contribution in [3.63, 3.8) is 0 Å². The lowest BCUT2D eigenvalue weighted by Crippen LogP contribution is -2.36. The normalized spacial score (nSPS) is 24.3. The highest BCUT2D eigenvalue weighted by Gasteiger charge is 2.33. The van der Waals surface area contributed by atoms with E-state index in [9.17, 15) is 10.2 Å². The van der Waals surface area contributed by atoms with E-state index in [-0.39, 0.29) is 19.3 Å². The molecule has 0 aromatic carbocycles. The van der Waals surface area contributed by atoms with E-state index in [0.717, 1.165) is 29.4 Å². The molecule has 3 heterocycles. The maximum absolute atomic E-state index is 9.56. The Hall–Kier alpha value is -1.11. The van der Waals surface area contributed by atoms with Gasteiger partial charge in [-0.05, 0) is 12.3 Å². The lowest BCUT2D eigenvalue weighted by molar-refractivity contribution is 0.243. The van der Waals surface area contributed by atoms with Gasteiger partial charge in [-0.15, -0.1) is 11.3 Å². The van der Waals surface area contributed by atoms with Crippen molar-refractivity contribution in [2.24, 2.45) is 5.92 Å². The summed E-state index contributed by atoms with van der Waals surface area (Å²) in [6.45, 7) is 3.15. The number of thiazole rings is 1. The van der Waals surface area contributed by atoms with Crippen LogP contribution in [0, 0.1) is 5.92 Å². The minimum atomic E-state index is -0.0315. The Morgan fingerprint density at radius 2 is 2.33 bits per heavy atom. The summed E-state index contributed by atoms with van der Waals surface area (Å²) in [6.07, 6.45) is 2.98. The summed E-state index contributed by atoms with van der Waals surface area (Å²) >= 11 is 1.56. The van der Waals surface area contributed by atoms with E-state index < -0.39 is 0 Å². The molecule has 1 aliphatic heterocycles. The molecule has 1 fully saturated rings. The predicted octanol–water partition coefficient (Wildman–Crippen LogP) is 1.10. The van der Waals surface area contributed by atoms with Gasteiger partial charge in [0.15, 0.2) is 10.8 Å². The third-order valence-electron chi connectivity index (χ3n) is 3.83. The fraction of sp³-hybridized carbons (Fsp3) is 0.583. The van der Waals surface area contributed by atoms with E-state index in [0.29, 0.717) is 5.92 Å². The molecule has 0 radical (unpaired) electrons. The minimum absolute atomic E-state index is 0.0315. The fourth-order valence-corrected chi connectivity index (χ4v) is 3.48. The zero-order chi connectivity index (χ0) is 12.7. The van der Waals surface area contributed by atoms with Gasteiger partial charge in [0.2, 0.25) is 0 Å². The van der Waals surface area contributed by atoms with Crippen molar-refractivity contribution in [1.82, 2.24) is 9.38 Å². The fourth-order valence-electron chi connectivity index (χ4n) is 2.75. The number of aromatic nitrogens is 2. The number of rotatable bonds is 3. The highest BCUT2D eigenvalue weighted by molar-refractivity contribution is 7.15. The van der Waals surface area contributed by atoms with Crippen LogP contribution in [0.2, 0.25) is 0 Å². The monoisotopic (exact) mass is 267 g/mol. The summed E-state index contributed by atoms with van der Waals surface area (Å²) in [7, 11) is 0. The molecule has 2 aromatic rings. The second-order valence-corrected chi connectivity index (χ2v) is 5.68. The van der Waals surface area contributed by atoms with Gasteiger partial charge >= 0.3 is 0 Å². The van der Waals surface area contributed by atoms with Crippen LogP contribution < -0.4 is 4.90 Å². The molecule has 0 amide bonds. The quantitative estimate of drug-likeness (QED) is 0.874. The summed E-state index contributed by atoms with van der Waals surface area (Å²) in [6, 6.07) is 0.111. The van der Waals surface area contributed by atoms with E-state index in [2.05, 4.69) is 16.8 Å². The SMILES string of the molecule is CC1CCN(c2nc3sccn3c2CO)C1CO. The molecule has 2 aromatic heterocycles. The molecular formula is C12H17N3O2S. The highest BCUT2D eigenvalue weighted by atomic mass is 32.1. The van der Waals surface area contributed by atoms with Gasteiger partial charge in [-0.1, -0.05) is 6.92 Å². The van der Waals surface area contributed by atoms with Crippen molar-refractivity contribution in [3.05, 3.63) is 17.3 Å². The number of nitrogens with zero attached hydrogens (tertiary/aromatic N) is 3. The first-order valence-corrected chi connectivity index (χ1v) is 7.07. The zero-order valence-corrected chi connectivity index (χ0v) is 11.1. The lowest BCUT2D eigenvalue weighted by Gasteiger charge is -2.25. The van der Waals surface area contributed by atoms with Gasteiger partial charge in [0, 0.05) is 18.1 Å². The number of aliphatic hydroxyl groups is 2. The summed E-state index contributed by atoms with van der Waals surface area (Å²) in [5.41, 5.74) is 0.818. The summed E-state index contributed by atoms with van der Waals surface area (Å²) in [4.78, 5) is 7.62. The Labute approximate surface area is 109 Å². The third kappa shape index (κ3) is 1.64. The Balaban J connectivity index is 2.05. The van der Waals surface area contributed by atoms with E-state index in [4.69, 9.17) is 0 Å². The van der Waals surface area contributed by atoms with Crippen molar-refractivity contribution in [2.45, 2.75) is 26.0 Å². The summed E-state index contributed by atoms with van der Waals surface area (Å²) in [5.74, 6) is 1.29. The van der Waals surface area contributed by atoms with Crippen LogP contribution in [-0.4, -0.2) is 38.8 Å². The van der Waals surface area contributed by atoms with Crippen LogP contribution in [0.25, 0.3) is 4.96 Å². The molecular weight excluding hydrogens is 250 g/mol. The number of hydrogen-bond acceptors (Lipinski definition) is 5. The van der Waals surface area contributed by atoms with Gasteiger partial charge in [-0.25, -0.2) is 4.98 Å². The van der Waals surface area contributed by atoms with Gasteiger partial charge in [0.05, 0.1) is 24.9 Å². The molecule has 1 aliphatic rings. The summed E-state index contributed by atoms with van der Waals surface area (Å²) < 4.78 is 1.93. The molecule has 2 atom stereocenters. The highest BCUT2D eigenvalue weighted by Crippen LogP contribution is 2.32. The first-order chi connectivity index (χ1) is 8.76. The maximum atomic E-state index is 9.56. The van der Waals surface area contributed by atoms with Crippen molar-refractivity contribution in [1.29, 1.82) is 0 Å². The number of anilines is 1. The van der Waals surface area contributed by atoms with Gasteiger partial charge in [0.25, 0.3) is 0 Å². The average molecular weight is 267 g/mol. The number of hydrogen-bond donors (Lipinski definition) is 2. The van der Waals surface area contributed by atoms with Crippen LogP contribution in [0.4, 0.5) is 5.82 Å².